The summed E-state index contributed by atoms with van der Waals surface area (Å²) in [7, 11) is -13.2. The van der Waals surface area contributed by atoms with E-state index in [0.717, 1.165) is 6.07 Å². The third kappa shape index (κ3) is 10.1. The maximum absolute atomic E-state index is 11.8. The Hall–Kier alpha value is -0.950. The SMILES string of the molecule is O=S(=O)([O-])O.[CH2-]CS(=O)(=O)c1ccc(N=Nc2cc(S(=O)(=O)[O-])c3ccccc3c2O)cc1.[Na+].[Na+]. The fraction of sp³-hybridized carbons (Fsp3) is 0.0556. The first-order valence-corrected chi connectivity index (χ1v) is 13.0. The number of fused-ring (bicyclic) bond motifs is 1. The first-order valence-electron chi connectivity index (χ1n) is 8.56. The number of nitrogens with zero attached hydrogens (tertiary/aromatic N) is 2. The van der Waals surface area contributed by atoms with Crippen LogP contribution in [0.1, 0.15) is 0 Å². The molecule has 0 unspecified atom stereocenters. The molecule has 0 heterocycles. The molecule has 3 aromatic rings. The second-order valence-electron chi connectivity index (χ2n) is 6.18. The van der Waals surface area contributed by atoms with Crippen molar-refractivity contribution in [3.63, 3.8) is 0 Å². The minimum Gasteiger partial charge on any atom is -0.744 e. The molecule has 178 valence electrons. The normalized spacial score (nSPS) is 11.8. The van der Waals surface area contributed by atoms with E-state index in [0.29, 0.717) is 0 Å². The Kier molecular flexibility index (Phi) is 13.2. The van der Waals surface area contributed by atoms with E-state index in [1.165, 1.54) is 36.4 Å². The predicted molar refractivity (Wildman–Crippen MR) is 114 cm³/mol. The summed E-state index contributed by atoms with van der Waals surface area (Å²) in [5.41, 5.74) is 0.0599. The van der Waals surface area contributed by atoms with Crippen molar-refractivity contribution in [1.29, 1.82) is 0 Å². The van der Waals surface area contributed by atoms with E-state index >= 15 is 0 Å². The summed E-state index contributed by atoms with van der Waals surface area (Å²) >= 11 is 0. The summed E-state index contributed by atoms with van der Waals surface area (Å²) in [6.45, 7) is 3.36. The number of hydrogen-bond acceptors (Lipinski definition) is 11. The van der Waals surface area contributed by atoms with Crippen LogP contribution in [0.5, 0.6) is 5.75 Å². The van der Waals surface area contributed by atoms with Gasteiger partial charge in [0.15, 0.2) is 15.6 Å². The molecule has 0 aliphatic heterocycles. The van der Waals surface area contributed by atoms with Crippen molar-refractivity contribution < 1.29 is 103 Å². The van der Waals surface area contributed by atoms with Crippen molar-refractivity contribution in [3.8, 4) is 5.75 Å². The number of rotatable bonds is 5. The molecule has 0 radical (unpaired) electrons. The third-order valence-electron chi connectivity index (χ3n) is 3.97. The molecule has 0 saturated carbocycles. The third-order valence-corrected chi connectivity index (χ3v) is 6.37. The van der Waals surface area contributed by atoms with E-state index in [2.05, 4.69) is 17.2 Å². The maximum atomic E-state index is 11.8. The van der Waals surface area contributed by atoms with Crippen LogP contribution in [-0.2, 0) is 30.4 Å². The molecule has 12 nitrogen and oxygen atoms in total. The van der Waals surface area contributed by atoms with E-state index in [1.54, 1.807) is 12.1 Å². The van der Waals surface area contributed by atoms with Gasteiger partial charge in [0.1, 0.15) is 15.8 Å². The zero-order chi connectivity index (χ0) is 25.0. The Bertz CT molecular complexity index is 1520. The van der Waals surface area contributed by atoms with Gasteiger partial charge in [-0.1, -0.05) is 30.0 Å². The number of azo groups is 1. The van der Waals surface area contributed by atoms with E-state index in [9.17, 15) is 26.5 Å². The zero-order valence-corrected chi connectivity index (χ0v) is 24.8. The van der Waals surface area contributed by atoms with Crippen molar-refractivity contribution in [2.45, 2.75) is 9.79 Å². The fourth-order valence-corrected chi connectivity index (χ4v) is 4.04. The molecule has 3 aromatic carbocycles. The molecular weight excluding hydrogens is 546 g/mol. The van der Waals surface area contributed by atoms with Gasteiger partial charge in [-0.25, -0.2) is 25.3 Å². The van der Waals surface area contributed by atoms with E-state index in [4.69, 9.17) is 17.5 Å². The summed E-state index contributed by atoms with van der Waals surface area (Å²) in [5, 5.41) is 18.3. The summed E-state index contributed by atoms with van der Waals surface area (Å²) < 4.78 is 91.1. The Morgan fingerprint density at radius 1 is 0.829 bits per heavy atom. The molecule has 0 fully saturated rings. The Morgan fingerprint density at radius 3 is 1.77 bits per heavy atom. The standard InChI is InChI=1S/C18H15N2O6S2.2Na.H2O4S/c1-2-27(22,23)13-9-7-12(8-10-13)19-20-16-11-17(28(24,25)26)14-5-3-4-6-15(14)18(16)21;;;1-5(2,3)4/h3-11,21H,1-2H2,(H,24,25,26);;;(H2,1,2,3,4)/q-1;2*+1;/p-2. The predicted octanol–water partition coefficient (Wildman–Crippen LogP) is -3.51. The molecule has 35 heavy (non-hydrogen) atoms. The molecule has 2 N–H and O–H groups in total. The van der Waals surface area contributed by atoms with Crippen molar-refractivity contribution >= 4 is 52.5 Å². The van der Waals surface area contributed by atoms with Crippen LogP contribution in [0.25, 0.3) is 10.8 Å². The Morgan fingerprint density at radius 2 is 1.31 bits per heavy atom. The van der Waals surface area contributed by atoms with Gasteiger partial charge in [0.2, 0.25) is 10.4 Å². The average molecular weight is 562 g/mol. The average Bonchev–Trinajstić information content (AvgIpc) is 2.71. The summed E-state index contributed by atoms with van der Waals surface area (Å²) in [4.78, 5) is -0.443. The second kappa shape index (κ2) is 13.6. The minimum absolute atomic E-state index is 0. The van der Waals surface area contributed by atoms with Crippen LogP contribution < -0.4 is 59.1 Å². The molecule has 17 heteroatoms. The van der Waals surface area contributed by atoms with Crippen molar-refractivity contribution in [3.05, 3.63) is 61.5 Å². The molecule has 0 amide bonds. The smallest absolute Gasteiger partial charge is 0.744 e. The van der Waals surface area contributed by atoms with Gasteiger partial charge in [-0.05, 0) is 30.3 Å². The molecule has 0 saturated heterocycles. The molecular formula is C18H15N2Na2O10S3-. The minimum atomic E-state index is -4.92. The number of hydrogen-bond donors (Lipinski definition) is 2. The summed E-state index contributed by atoms with van der Waals surface area (Å²) in [6, 6.07) is 12.4. The van der Waals surface area contributed by atoms with Crippen LogP contribution in [0.4, 0.5) is 11.4 Å². The van der Waals surface area contributed by atoms with Gasteiger partial charge < -0.3 is 21.1 Å². The monoisotopic (exact) mass is 561 g/mol. The molecule has 0 aromatic heterocycles. The quantitative estimate of drug-likeness (QED) is 0.103. The molecule has 3 rings (SSSR count). The van der Waals surface area contributed by atoms with E-state index < -0.39 is 35.2 Å². The summed E-state index contributed by atoms with van der Waals surface area (Å²) in [6.07, 6.45) is 0. The number of sulfone groups is 1. The van der Waals surface area contributed by atoms with Crippen LogP contribution in [-0.4, -0.2) is 49.8 Å². The number of benzene rings is 3. The molecule has 0 aliphatic carbocycles. The van der Waals surface area contributed by atoms with E-state index in [1.807, 2.05) is 0 Å². The number of phenolic OH excluding ortho intramolecular Hbond substituents is 1. The van der Waals surface area contributed by atoms with Gasteiger partial charge in [0.25, 0.3) is 0 Å². The van der Waals surface area contributed by atoms with Crippen LogP contribution >= 0.6 is 0 Å². The fourth-order valence-electron chi connectivity index (χ4n) is 2.55. The summed E-state index contributed by atoms with van der Waals surface area (Å²) in [5.74, 6) is -0.617. The van der Waals surface area contributed by atoms with Gasteiger partial charge in [-0.3, -0.25) is 4.55 Å². The van der Waals surface area contributed by atoms with Gasteiger partial charge in [0, 0.05) is 10.8 Å². The second-order valence-corrected chi connectivity index (χ2v) is 10.5. The van der Waals surface area contributed by atoms with Crippen LogP contribution in [0, 0.1) is 6.92 Å². The van der Waals surface area contributed by atoms with Crippen molar-refractivity contribution in [2.24, 2.45) is 10.2 Å². The van der Waals surface area contributed by atoms with Crippen LogP contribution in [0.2, 0.25) is 0 Å². The number of aromatic hydroxyl groups is 1. The molecule has 0 atom stereocenters. The van der Waals surface area contributed by atoms with Crippen LogP contribution in [0.3, 0.4) is 0 Å². The maximum Gasteiger partial charge on any atom is 1.00 e. The van der Waals surface area contributed by atoms with Crippen molar-refractivity contribution in [1.82, 2.24) is 0 Å². The first kappa shape index (κ1) is 34.1. The first-order chi connectivity index (χ1) is 15.1. The molecule has 0 spiro atoms. The van der Waals surface area contributed by atoms with Crippen LogP contribution in [0.15, 0.2) is 74.6 Å². The van der Waals surface area contributed by atoms with Gasteiger partial charge in [-0.15, -0.1) is 5.11 Å². The molecule has 0 aliphatic rings. The van der Waals surface area contributed by atoms with Gasteiger partial charge in [-0.2, -0.15) is 5.11 Å². The van der Waals surface area contributed by atoms with Crippen molar-refractivity contribution in [2.75, 3.05) is 5.75 Å². The zero-order valence-electron chi connectivity index (χ0n) is 18.4. The van der Waals surface area contributed by atoms with Gasteiger partial charge in [0.05, 0.1) is 15.5 Å². The Balaban J connectivity index is 0.00000150. The Labute approximate surface area is 246 Å². The van der Waals surface area contributed by atoms with Gasteiger partial charge >= 0.3 is 59.1 Å². The number of phenols is 1. The topological polar surface area (TPSA) is 214 Å². The molecule has 0 bridgehead atoms. The van der Waals surface area contributed by atoms with E-state index in [-0.39, 0.29) is 97.7 Å². The largest absolute Gasteiger partial charge is 1.00 e.